The maximum absolute atomic E-state index is 12.1. The van der Waals surface area contributed by atoms with E-state index in [0.717, 1.165) is 12.0 Å². The Hall–Kier alpha value is -1.55. The summed E-state index contributed by atoms with van der Waals surface area (Å²) in [6, 6.07) is 7.46. The predicted molar refractivity (Wildman–Crippen MR) is 78.7 cm³/mol. The summed E-state index contributed by atoms with van der Waals surface area (Å²) in [5, 5.41) is 0.662. The molecule has 0 aromatic heterocycles. The highest BCUT2D eigenvalue weighted by molar-refractivity contribution is 6.31. The Bertz CT molecular complexity index is 462. The highest BCUT2D eigenvalue weighted by atomic mass is 35.5. The van der Waals surface area contributed by atoms with E-state index in [4.69, 9.17) is 11.6 Å². The number of aryl methyl sites for hydroxylation is 1. The molecule has 0 atom stereocenters. The lowest BCUT2D eigenvalue weighted by atomic mass is 10.1. The van der Waals surface area contributed by atoms with Gasteiger partial charge in [-0.25, -0.2) is 0 Å². The molecule has 0 N–H and O–H groups in total. The van der Waals surface area contributed by atoms with E-state index in [1.807, 2.05) is 25.1 Å². The van der Waals surface area contributed by atoms with Crippen LogP contribution in [0.5, 0.6) is 0 Å². The van der Waals surface area contributed by atoms with Crippen LogP contribution in [0.1, 0.15) is 25.3 Å². The van der Waals surface area contributed by atoms with E-state index < -0.39 is 5.97 Å². The third-order valence-electron chi connectivity index (χ3n) is 2.96. The van der Waals surface area contributed by atoms with Crippen molar-refractivity contribution in [3.63, 3.8) is 0 Å². The van der Waals surface area contributed by atoms with Gasteiger partial charge in [0.1, 0.15) is 6.54 Å². The number of esters is 1. The zero-order valence-corrected chi connectivity index (χ0v) is 12.7. The topological polar surface area (TPSA) is 46.6 Å². The van der Waals surface area contributed by atoms with Crippen LogP contribution in [-0.2, 0) is 20.7 Å². The molecule has 0 radical (unpaired) electrons. The van der Waals surface area contributed by atoms with Crippen LogP contribution in [0.2, 0.25) is 5.02 Å². The van der Waals surface area contributed by atoms with Gasteiger partial charge in [0.15, 0.2) is 0 Å². The quantitative estimate of drug-likeness (QED) is 0.727. The number of amides is 1. The molecule has 0 bridgehead atoms. The van der Waals surface area contributed by atoms with E-state index in [0.29, 0.717) is 24.4 Å². The zero-order chi connectivity index (χ0) is 15.0. The third-order valence-corrected chi connectivity index (χ3v) is 3.33. The molecule has 0 aliphatic carbocycles. The van der Waals surface area contributed by atoms with Crippen LogP contribution >= 0.6 is 11.6 Å². The first-order valence-electron chi connectivity index (χ1n) is 6.66. The van der Waals surface area contributed by atoms with Crippen molar-refractivity contribution in [2.45, 2.75) is 26.2 Å². The number of hydrogen-bond donors (Lipinski definition) is 0. The average Bonchev–Trinajstić information content (AvgIpc) is 2.45. The molecule has 0 heterocycles. The summed E-state index contributed by atoms with van der Waals surface area (Å²) in [5.41, 5.74) is 0.942. The molecule has 0 unspecified atom stereocenters. The number of carbonyl (C=O) groups excluding carboxylic acids is 2. The van der Waals surface area contributed by atoms with Crippen molar-refractivity contribution in [3.8, 4) is 0 Å². The average molecular weight is 298 g/mol. The second-order valence-corrected chi connectivity index (χ2v) is 4.89. The van der Waals surface area contributed by atoms with Gasteiger partial charge in [-0.15, -0.1) is 0 Å². The van der Waals surface area contributed by atoms with E-state index in [1.165, 1.54) is 12.0 Å². The minimum Gasteiger partial charge on any atom is -0.468 e. The van der Waals surface area contributed by atoms with Gasteiger partial charge < -0.3 is 9.64 Å². The van der Waals surface area contributed by atoms with Crippen LogP contribution in [0.25, 0.3) is 0 Å². The zero-order valence-electron chi connectivity index (χ0n) is 11.9. The standard InChI is InChI=1S/C15H20ClNO3/c1-3-10-17(11-15(19)20-2)14(18)9-8-12-6-4-5-7-13(12)16/h4-7H,3,8-11H2,1-2H3. The molecule has 0 saturated carbocycles. The van der Waals surface area contributed by atoms with Gasteiger partial charge in [0, 0.05) is 18.0 Å². The van der Waals surface area contributed by atoms with Crippen LogP contribution in [0.4, 0.5) is 0 Å². The summed E-state index contributed by atoms with van der Waals surface area (Å²) in [6.45, 7) is 2.52. The summed E-state index contributed by atoms with van der Waals surface area (Å²) >= 11 is 6.06. The molecule has 110 valence electrons. The van der Waals surface area contributed by atoms with Gasteiger partial charge in [-0.3, -0.25) is 9.59 Å². The van der Waals surface area contributed by atoms with Crippen molar-refractivity contribution in [3.05, 3.63) is 34.9 Å². The van der Waals surface area contributed by atoms with Crippen LogP contribution < -0.4 is 0 Å². The van der Waals surface area contributed by atoms with E-state index in [9.17, 15) is 9.59 Å². The minimum absolute atomic E-state index is 0.00565. The van der Waals surface area contributed by atoms with Crippen molar-refractivity contribution in [1.82, 2.24) is 4.90 Å². The molecule has 0 aliphatic heterocycles. The highest BCUT2D eigenvalue weighted by Crippen LogP contribution is 2.17. The predicted octanol–water partition coefficient (Wildman–Crippen LogP) is 2.68. The fourth-order valence-corrected chi connectivity index (χ4v) is 2.11. The molecule has 1 aromatic rings. The maximum Gasteiger partial charge on any atom is 0.325 e. The number of hydrogen-bond acceptors (Lipinski definition) is 3. The summed E-state index contributed by atoms with van der Waals surface area (Å²) < 4.78 is 4.61. The SMILES string of the molecule is CCCN(CC(=O)OC)C(=O)CCc1ccccc1Cl. The van der Waals surface area contributed by atoms with Crippen molar-refractivity contribution in [1.29, 1.82) is 0 Å². The number of halogens is 1. The molecular weight excluding hydrogens is 278 g/mol. The largest absolute Gasteiger partial charge is 0.468 e. The number of benzene rings is 1. The molecule has 1 rings (SSSR count). The van der Waals surface area contributed by atoms with Crippen molar-refractivity contribution in [2.75, 3.05) is 20.2 Å². The Morgan fingerprint density at radius 3 is 2.60 bits per heavy atom. The highest BCUT2D eigenvalue weighted by Gasteiger charge is 2.16. The van der Waals surface area contributed by atoms with Gasteiger partial charge in [0.05, 0.1) is 7.11 Å². The second kappa shape index (κ2) is 8.59. The number of carbonyl (C=O) groups is 2. The lowest BCUT2D eigenvalue weighted by molar-refractivity contribution is -0.147. The first-order chi connectivity index (χ1) is 9.58. The molecule has 0 spiro atoms. The lowest BCUT2D eigenvalue weighted by Crippen LogP contribution is -2.36. The lowest BCUT2D eigenvalue weighted by Gasteiger charge is -2.20. The van der Waals surface area contributed by atoms with Crippen LogP contribution in [0, 0.1) is 0 Å². The Balaban J connectivity index is 2.58. The Labute approximate surface area is 124 Å². The van der Waals surface area contributed by atoms with Crippen molar-refractivity contribution >= 4 is 23.5 Å². The second-order valence-electron chi connectivity index (χ2n) is 4.48. The first kappa shape index (κ1) is 16.5. The van der Waals surface area contributed by atoms with E-state index in [1.54, 1.807) is 6.07 Å². The Morgan fingerprint density at radius 1 is 1.30 bits per heavy atom. The number of rotatable bonds is 7. The molecular formula is C15H20ClNO3. The maximum atomic E-state index is 12.1. The molecule has 0 saturated heterocycles. The fourth-order valence-electron chi connectivity index (χ4n) is 1.88. The van der Waals surface area contributed by atoms with Crippen molar-refractivity contribution in [2.24, 2.45) is 0 Å². The van der Waals surface area contributed by atoms with E-state index in [2.05, 4.69) is 4.74 Å². The van der Waals surface area contributed by atoms with Crippen LogP contribution in [-0.4, -0.2) is 37.0 Å². The van der Waals surface area contributed by atoms with E-state index in [-0.39, 0.29) is 12.5 Å². The summed E-state index contributed by atoms with van der Waals surface area (Å²) in [5.74, 6) is -0.457. The minimum atomic E-state index is -0.399. The van der Waals surface area contributed by atoms with Crippen LogP contribution in [0.15, 0.2) is 24.3 Å². The van der Waals surface area contributed by atoms with Gasteiger partial charge in [-0.1, -0.05) is 36.7 Å². The molecule has 0 aliphatic rings. The van der Waals surface area contributed by atoms with Gasteiger partial charge in [0.2, 0.25) is 5.91 Å². The smallest absolute Gasteiger partial charge is 0.325 e. The molecule has 1 aromatic carbocycles. The first-order valence-corrected chi connectivity index (χ1v) is 7.04. The molecule has 20 heavy (non-hydrogen) atoms. The molecule has 0 fully saturated rings. The van der Waals surface area contributed by atoms with Gasteiger partial charge in [-0.2, -0.15) is 0 Å². The summed E-state index contributed by atoms with van der Waals surface area (Å²) in [7, 11) is 1.32. The third kappa shape index (κ3) is 5.21. The van der Waals surface area contributed by atoms with Gasteiger partial charge in [0.25, 0.3) is 0 Å². The van der Waals surface area contributed by atoms with Gasteiger partial charge >= 0.3 is 5.97 Å². The van der Waals surface area contributed by atoms with Crippen LogP contribution in [0.3, 0.4) is 0 Å². The summed E-state index contributed by atoms with van der Waals surface area (Å²) in [6.07, 6.45) is 1.70. The van der Waals surface area contributed by atoms with Gasteiger partial charge in [-0.05, 0) is 24.5 Å². The Kier molecular flexibility index (Phi) is 7.09. The van der Waals surface area contributed by atoms with Crippen molar-refractivity contribution < 1.29 is 14.3 Å². The van der Waals surface area contributed by atoms with E-state index >= 15 is 0 Å². The number of methoxy groups -OCH3 is 1. The Morgan fingerprint density at radius 2 is 2.00 bits per heavy atom. The molecule has 5 heteroatoms. The number of ether oxygens (including phenoxy) is 1. The normalized spacial score (nSPS) is 10.2. The fraction of sp³-hybridized carbons (Fsp3) is 0.467. The summed E-state index contributed by atoms with van der Waals surface area (Å²) in [4.78, 5) is 25.0. The number of nitrogens with zero attached hydrogens (tertiary/aromatic N) is 1. The molecule has 1 amide bonds. The monoisotopic (exact) mass is 297 g/mol. The molecule has 4 nitrogen and oxygen atoms in total.